The normalized spacial score (nSPS) is 11.4. The van der Waals surface area contributed by atoms with E-state index in [-0.39, 0.29) is 5.91 Å². The third-order valence-electron chi connectivity index (χ3n) is 4.47. The number of thiazole rings is 2. The highest BCUT2D eigenvalue weighted by Gasteiger charge is 2.22. The number of hydrogen-bond donors (Lipinski definition) is 1. The van der Waals surface area contributed by atoms with Gasteiger partial charge >= 0.3 is 0 Å². The Kier molecular flexibility index (Phi) is 5.25. The minimum atomic E-state index is -0.0393. The second-order valence-corrected chi connectivity index (χ2v) is 8.67. The van der Waals surface area contributed by atoms with Crippen molar-refractivity contribution in [2.24, 2.45) is 0 Å². The smallest absolute Gasteiger partial charge is 0.260 e. The van der Waals surface area contributed by atoms with Gasteiger partial charge in [-0.2, -0.15) is 0 Å². The highest BCUT2D eigenvalue weighted by molar-refractivity contribution is 7.22. The van der Waals surface area contributed by atoms with Gasteiger partial charge in [0, 0.05) is 5.56 Å². The van der Waals surface area contributed by atoms with Crippen molar-refractivity contribution >= 4 is 54.1 Å². The van der Waals surface area contributed by atoms with Crippen molar-refractivity contribution < 1.29 is 14.4 Å². The van der Waals surface area contributed by atoms with Gasteiger partial charge in [0.15, 0.2) is 5.13 Å². The van der Waals surface area contributed by atoms with Gasteiger partial charge in [0.25, 0.3) is 5.91 Å². The Morgan fingerprint density at radius 1 is 1.14 bits per heavy atom. The second-order valence-electron chi connectivity index (χ2n) is 6.78. The number of anilines is 1. The number of amides is 1. The molecule has 4 aromatic rings. The molecule has 2 aromatic carbocycles. The molecule has 1 amide bonds. The molecule has 0 bridgehead atoms. The van der Waals surface area contributed by atoms with E-state index in [1.807, 2.05) is 36.4 Å². The van der Waals surface area contributed by atoms with Crippen LogP contribution in [0.5, 0.6) is 5.75 Å². The Hall–Kier alpha value is -2.55. The van der Waals surface area contributed by atoms with Crippen LogP contribution in [0.4, 0.5) is 5.13 Å². The molecule has 144 valence electrons. The molecule has 0 saturated carbocycles. The van der Waals surface area contributed by atoms with Gasteiger partial charge in [0.05, 0.1) is 60.2 Å². The Labute approximate surface area is 171 Å². The Balaban J connectivity index is 1.72. The molecule has 6 nitrogen and oxygen atoms in total. The molecular formula is C20H21N4O2S2+. The number of nitrogens with zero attached hydrogens (tertiary/aromatic N) is 3. The van der Waals surface area contributed by atoms with Crippen LogP contribution in [-0.2, 0) is 0 Å². The Bertz CT molecular complexity index is 1140. The molecule has 28 heavy (non-hydrogen) atoms. The van der Waals surface area contributed by atoms with Crippen LogP contribution in [0.25, 0.3) is 20.4 Å². The first-order chi connectivity index (χ1) is 13.5. The predicted molar refractivity (Wildman–Crippen MR) is 115 cm³/mol. The average molecular weight is 414 g/mol. The Morgan fingerprint density at radius 2 is 1.96 bits per heavy atom. The van der Waals surface area contributed by atoms with Crippen LogP contribution in [0.15, 0.2) is 41.9 Å². The van der Waals surface area contributed by atoms with Crippen LogP contribution in [0.1, 0.15) is 10.4 Å². The second kappa shape index (κ2) is 7.83. The Morgan fingerprint density at radius 3 is 2.75 bits per heavy atom. The van der Waals surface area contributed by atoms with E-state index in [0.29, 0.717) is 17.2 Å². The molecule has 0 spiro atoms. The summed E-state index contributed by atoms with van der Waals surface area (Å²) in [7, 11) is 5.80. The lowest BCUT2D eigenvalue weighted by Gasteiger charge is -2.20. The minimum absolute atomic E-state index is 0.0393. The van der Waals surface area contributed by atoms with E-state index in [1.54, 1.807) is 17.5 Å². The molecule has 0 aliphatic rings. The average Bonchev–Trinajstić information content (AvgIpc) is 3.32. The van der Waals surface area contributed by atoms with Crippen molar-refractivity contribution in [3.05, 3.63) is 47.5 Å². The number of quaternary nitrogens is 1. The number of rotatable bonds is 6. The SMILES string of the molecule is COc1ccc2nc(N(CC[NH+](C)C)C(=O)c3ccc4ncsc4c3)sc2c1. The summed E-state index contributed by atoms with van der Waals surface area (Å²) in [5.41, 5.74) is 4.24. The number of carbonyl (C=O) groups excluding carboxylic acids is 1. The molecule has 0 fully saturated rings. The predicted octanol–water partition coefficient (Wildman–Crippen LogP) is 2.71. The van der Waals surface area contributed by atoms with Gasteiger partial charge in [-0.3, -0.25) is 9.69 Å². The quantitative estimate of drug-likeness (QED) is 0.528. The summed E-state index contributed by atoms with van der Waals surface area (Å²) < 4.78 is 7.33. The fourth-order valence-corrected chi connectivity index (χ4v) is 4.63. The third-order valence-corrected chi connectivity index (χ3v) is 6.31. The maximum absolute atomic E-state index is 13.4. The van der Waals surface area contributed by atoms with E-state index in [0.717, 1.165) is 32.7 Å². The molecule has 1 N–H and O–H groups in total. The topological polar surface area (TPSA) is 59.8 Å². The van der Waals surface area contributed by atoms with Gasteiger partial charge in [-0.1, -0.05) is 11.3 Å². The van der Waals surface area contributed by atoms with E-state index in [2.05, 4.69) is 19.1 Å². The molecule has 0 unspecified atom stereocenters. The van der Waals surface area contributed by atoms with Gasteiger partial charge in [0.1, 0.15) is 5.75 Å². The first-order valence-electron chi connectivity index (χ1n) is 8.94. The zero-order chi connectivity index (χ0) is 19.7. The van der Waals surface area contributed by atoms with Crippen molar-refractivity contribution in [2.75, 3.05) is 39.2 Å². The number of fused-ring (bicyclic) bond motifs is 2. The molecule has 4 rings (SSSR count). The monoisotopic (exact) mass is 413 g/mol. The lowest BCUT2D eigenvalue weighted by Crippen LogP contribution is -3.06. The standard InChI is InChI=1S/C20H20N4O2S2/c1-23(2)8-9-24(19(25)13-4-6-15-17(10-13)27-12-21-15)20-22-16-7-5-14(26-3)11-18(16)28-20/h4-7,10-12H,8-9H2,1-3H3/p+1. The maximum atomic E-state index is 13.4. The zero-order valence-electron chi connectivity index (χ0n) is 15.9. The van der Waals surface area contributed by atoms with Crippen molar-refractivity contribution in [3.8, 4) is 5.75 Å². The van der Waals surface area contributed by atoms with Crippen molar-refractivity contribution in [1.29, 1.82) is 0 Å². The maximum Gasteiger partial charge on any atom is 0.260 e. The number of ether oxygens (including phenoxy) is 1. The van der Waals surface area contributed by atoms with Crippen LogP contribution in [-0.4, -0.2) is 50.2 Å². The molecular weight excluding hydrogens is 392 g/mol. The molecule has 0 atom stereocenters. The van der Waals surface area contributed by atoms with Crippen LogP contribution in [0.3, 0.4) is 0 Å². The zero-order valence-corrected chi connectivity index (χ0v) is 17.6. The molecule has 0 aliphatic heterocycles. The van der Waals surface area contributed by atoms with Gasteiger partial charge in [-0.15, -0.1) is 11.3 Å². The summed E-state index contributed by atoms with van der Waals surface area (Å²) >= 11 is 3.05. The number of benzene rings is 2. The van der Waals surface area contributed by atoms with E-state index in [4.69, 9.17) is 9.72 Å². The summed E-state index contributed by atoms with van der Waals surface area (Å²) in [5.74, 6) is 0.747. The summed E-state index contributed by atoms with van der Waals surface area (Å²) in [5, 5.41) is 0.707. The minimum Gasteiger partial charge on any atom is -0.497 e. The van der Waals surface area contributed by atoms with Crippen LogP contribution in [0, 0.1) is 0 Å². The summed E-state index contributed by atoms with van der Waals surface area (Å²) in [4.78, 5) is 25.4. The summed E-state index contributed by atoms with van der Waals surface area (Å²) in [6, 6.07) is 11.4. The van der Waals surface area contributed by atoms with Crippen LogP contribution in [0.2, 0.25) is 0 Å². The van der Waals surface area contributed by atoms with Gasteiger partial charge in [-0.05, 0) is 36.4 Å². The fourth-order valence-electron chi connectivity index (χ4n) is 2.90. The molecule has 0 aliphatic carbocycles. The van der Waals surface area contributed by atoms with Crippen molar-refractivity contribution in [1.82, 2.24) is 9.97 Å². The number of methoxy groups -OCH3 is 1. The van der Waals surface area contributed by atoms with E-state index >= 15 is 0 Å². The number of likely N-dealkylation sites (N-methyl/N-ethyl adjacent to an activating group) is 1. The largest absolute Gasteiger partial charge is 0.497 e. The molecule has 8 heteroatoms. The molecule has 0 radical (unpaired) electrons. The molecule has 0 saturated heterocycles. The first kappa shape index (κ1) is 18.8. The third kappa shape index (κ3) is 3.71. The van der Waals surface area contributed by atoms with Gasteiger partial charge in [-0.25, -0.2) is 9.97 Å². The van der Waals surface area contributed by atoms with Crippen molar-refractivity contribution in [3.63, 3.8) is 0 Å². The number of hydrogen-bond acceptors (Lipinski definition) is 6. The van der Waals surface area contributed by atoms with E-state index in [9.17, 15) is 4.79 Å². The lowest BCUT2D eigenvalue weighted by atomic mass is 10.2. The summed E-state index contributed by atoms with van der Waals surface area (Å²) in [6.07, 6.45) is 0. The first-order valence-corrected chi connectivity index (χ1v) is 10.6. The van der Waals surface area contributed by atoms with Gasteiger partial charge in [0.2, 0.25) is 0 Å². The number of carbonyl (C=O) groups is 1. The lowest BCUT2D eigenvalue weighted by molar-refractivity contribution is -0.856. The number of nitrogens with one attached hydrogen (secondary N) is 1. The van der Waals surface area contributed by atoms with Crippen LogP contribution < -0.4 is 14.5 Å². The van der Waals surface area contributed by atoms with Gasteiger partial charge < -0.3 is 9.64 Å². The number of aromatic nitrogens is 2. The highest BCUT2D eigenvalue weighted by Crippen LogP contribution is 2.32. The van der Waals surface area contributed by atoms with Crippen LogP contribution >= 0.6 is 22.7 Å². The molecule has 2 aromatic heterocycles. The molecule has 2 heterocycles. The summed E-state index contributed by atoms with van der Waals surface area (Å²) in [6.45, 7) is 1.42. The van der Waals surface area contributed by atoms with Crippen molar-refractivity contribution in [2.45, 2.75) is 0 Å². The van der Waals surface area contributed by atoms with E-state index in [1.165, 1.54) is 27.6 Å². The highest BCUT2D eigenvalue weighted by atomic mass is 32.1. The van der Waals surface area contributed by atoms with E-state index < -0.39 is 0 Å². The fraction of sp³-hybridized carbons (Fsp3) is 0.250.